The molecular weight excluding hydrogens is 396 g/mol. The molecule has 0 amide bonds. The molecule has 2 rings (SSSR count). The Morgan fingerprint density at radius 3 is 2.74 bits per heavy atom. The summed E-state index contributed by atoms with van der Waals surface area (Å²) in [5.74, 6) is 0. The first-order chi connectivity index (χ1) is 8.95. The van der Waals surface area contributed by atoms with Crippen molar-refractivity contribution in [2.75, 3.05) is 20.1 Å². The Bertz CT molecular complexity index is 563. The van der Waals surface area contributed by atoms with Crippen LogP contribution in [0.5, 0.6) is 0 Å². The summed E-state index contributed by atoms with van der Waals surface area (Å²) in [4.78, 5) is 0.326. The fraction of sp³-hybridized carbons (Fsp3) is 0.500. The Morgan fingerprint density at radius 1 is 1.37 bits per heavy atom. The number of nitrogens with zero attached hydrogens (tertiary/aromatic N) is 1. The van der Waals surface area contributed by atoms with Crippen molar-refractivity contribution < 1.29 is 8.42 Å². The predicted octanol–water partition coefficient (Wildman–Crippen LogP) is 2.58. The van der Waals surface area contributed by atoms with Crippen molar-refractivity contribution in [3.63, 3.8) is 0 Å². The van der Waals surface area contributed by atoms with Crippen LogP contribution in [-0.2, 0) is 10.0 Å². The van der Waals surface area contributed by atoms with Crippen LogP contribution in [0.4, 0.5) is 0 Å². The summed E-state index contributed by atoms with van der Waals surface area (Å²) >= 11 is 6.66. The van der Waals surface area contributed by atoms with E-state index in [2.05, 4.69) is 37.2 Å². The van der Waals surface area contributed by atoms with E-state index in [-0.39, 0.29) is 6.04 Å². The second-order valence-electron chi connectivity index (χ2n) is 4.57. The van der Waals surface area contributed by atoms with Crippen LogP contribution < -0.4 is 5.32 Å². The molecule has 1 heterocycles. The standard InChI is InChI=1S/C12H16Br2N2O2S/c1-15-10-3-2-6-16(8-10)19(17,18)12-5-4-9(13)7-11(12)14/h4-5,7,10,15H,2-3,6,8H2,1H3. The molecule has 0 aliphatic carbocycles. The van der Waals surface area contributed by atoms with Gasteiger partial charge in [-0.15, -0.1) is 0 Å². The summed E-state index contributed by atoms with van der Waals surface area (Å²) in [6.07, 6.45) is 1.91. The van der Waals surface area contributed by atoms with E-state index in [1.54, 1.807) is 22.5 Å². The third-order valence-electron chi connectivity index (χ3n) is 3.30. The van der Waals surface area contributed by atoms with Crippen LogP contribution in [0.25, 0.3) is 0 Å². The van der Waals surface area contributed by atoms with Crippen LogP contribution in [0, 0.1) is 0 Å². The van der Waals surface area contributed by atoms with E-state index >= 15 is 0 Å². The van der Waals surface area contributed by atoms with Gasteiger partial charge in [0.25, 0.3) is 0 Å². The van der Waals surface area contributed by atoms with E-state index in [1.165, 1.54) is 0 Å². The van der Waals surface area contributed by atoms with Gasteiger partial charge in [-0.2, -0.15) is 4.31 Å². The molecule has 1 N–H and O–H groups in total. The van der Waals surface area contributed by atoms with Crippen LogP contribution in [0.15, 0.2) is 32.0 Å². The summed E-state index contributed by atoms with van der Waals surface area (Å²) in [5, 5.41) is 3.16. The van der Waals surface area contributed by atoms with Crippen molar-refractivity contribution in [2.24, 2.45) is 0 Å². The molecule has 0 aromatic heterocycles. The number of piperidine rings is 1. The van der Waals surface area contributed by atoms with Crippen LogP contribution in [0.3, 0.4) is 0 Å². The third-order valence-corrected chi connectivity index (χ3v) is 6.64. The summed E-state index contributed by atoms with van der Waals surface area (Å²) in [6.45, 7) is 1.12. The van der Waals surface area contributed by atoms with Crippen LogP contribution in [0.2, 0.25) is 0 Å². The van der Waals surface area contributed by atoms with Crippen LogP contribution in [-0.4, -0.2) is 38.9 Å². The molecule has 1 fully saturated rings. The van der Waals surface area contributed by atoms with Crippen molar-refractivity contribution >= 4 is 41.9 Å². The van der Waals surface area contributed by atoms with Gasteiger partial charge < -0.3 is 5.32 Å². The number of likely N-dealkylation sites (N-methyl/N-ethyl adjacent to an activating group) is 1. The van der Waals surface area contributed by atoms with E-state index in [1.807, 2.05) is 7.05 Å². The second-order valence-corrected chi connectivity index (χ2v) is 8.24. The molecule has 0 bridgehead atoms. The molecule has 0 radical (unpaired) electrons. The summed E-state index contributed by atoms with van der Waals surface area (Å²) in [6, 6.07) is 5.37. The molecule has 0 spiro atoms. The molecule has 1 aliphatic rings. The number of benzene rings is 1. The summed E-state index contributed by atoms with van der Waals surface area (Å²) in [5.41, 5.74) is 0. The van der Waals surface area contributed by atoms with Gasteiger partial charge in [-0.1, -0.05) is 15.9 Å². The normalized spacial score (nSPS) is 21.5. The lowest BCUT2D eigenvalue weighted by atomic mass is 10.1. The summed E-state index contributed by atoms with van der Waals surface area (Å²) in [7, 11) is -1.56. The number of halogens is 2. The second kappa shape index (κ2) is 6.22. The molecule has 0 saturated carbocycles. The number of hydrogen-bond acceptors (Lipinski definition) is 3. The minimum atomic E-state index is -3.43. The molecular formula is C12H16Br2N2O2S. The zero-order valence-corrected chi connectivity index (χ0v) is 14.6. The lowest BCUT2D eigenvalue weighted by Gasteiger charge is -2.31. The van der Waals surface area contributed by atoms with Gasteiger partial charge >= 0.3 is 0 Å². The molecule has 1 unspecified atom stereocenters. The highest BCUT2D eigenvalue weighted by Crippen LogP contribution is 2.29. The zero-order valence-electron chi connectivity index (χ0n) is 10.6. The number of hydrogen-bond donors (Lipinski definition) is 1. The van der Waals surface area contributed by atoms with Crippen molar-refractivity contribution in [3.8, 4) is 0 Å². The largest absolute Gasteiger partial charge is 0.316 e. The van der Waals surface area contributed by atoms with Crippen LogP contribution >= 0.6 is 31.9 Å². The lowest BCUT2D eigenvalue weighted by Crippen LogP contribution is -2.46. The average molecular weight is 412 g/mol. The minimum absolute atomic E-state index is 0.234. The Morgan fingerprint density at radius 2 is 2.11 bits per heavy atom. The van der Waals surface area contributed by atoms with Gasteiger partial charge in [-0.05, 0) is 54.0 Å². The van der Waals surface area contributed by atoms with Gasteiger partial charge in [0.1, 0.15) is 0 Å². The quantitative estimate of drug-likeness (QED) is 0.831. The minimum Gasteiger partial charge on any atom is -0.316 e. The van der Waals surface area contributed by atoms with E-state index in [9.17, 15) is 8.42 Å². The van der Waals surface area contributed by atoms with E-state index < -0.39 is 10.0 Å². The third kappa shape index (κ3) is 3.39. The highest BCUT2D eigenvalue weighted by atomic mass is 79.9. The molecule has 4 nitrogen and oxygen atoms in total. The molecule has 1 atom stereocenters. The monoisotopic (exact) mass is 410 g/mol. The number of sulfonamides is 1. The van der Waals surface area contributed by atoms with Gasteiger partial charge in [0.2, 0.25) is 10.0 Å². The van der Waals surface area contributed by atoms with Gasteiger partial charge in [0.05, 0.1) is 4.90 Å². The lowest BCUT2D eigenvalue weighted by molar-refractivity contribution is 0.292. The highest BCUT2D eigenvalue weighted by molar-refractivity contribution is 9.11. The molecule has 1 saturated heterocycles. The Balaban J connectivity index is 2.31. The van der Waals surface area contributed by atoms with Crippen molar-refractivity contribution in [3.05, 3.63) is 27.1 Å². The Hall–Kier alpha value is 0.0500. The molecule has 19 heavy (non-hydrogen) atoms. The Labute approximate surface area is 130 Å². The number of nitrogens with one attached hydrogen (secondary N) is 1. The highest BCUT2D eigenvalue weighted by Gasteiger charge is 2.30. The van der Waals surface area contributed by atoms with Crippen LogP contribution in [0.1, 0.15) is 12.8 Å². The molecule has 7 heteroatoms. The maximum Gasteiger partial charge on any atom is 0.244 e. The van der Waals surface area contributed by atoms with E-state index in [0.717, 1.165) is 17.3 Å². The van der Waals surface area contributed by atoms with Gasteiger partial charge in [0, 0.05) is 28.1 Å². The molecule has 1 aromatic rings. The van der Waals surface area contributed by atoms with Gasteiger partial charge in [-0.25, -0.2) is 8.42 Å². The summed E-state index contributed by atoms with van der Waals surface area (Å²) < 4.78 is 28.3. The predicted molar refractivity (Wildman–Crippen MR) is 82.7 cm³/mol. The first-order valence-corrected chi connectivity index (χ1v) is 9.10. The fourth-order valence-corrected chi connectivity index (χ4v) is 5.45. The Kier molecular flexibility index (Phi) is 5.05. The zero-order chi connectivity index (χ0) is 14.0. The maximum absolute atomic E-state index is 12.6. The molecule has 1 aromatic carbocycles. The van der Waals surface area contributed by atoms with Crippen molar-refractivity contribution in [1.82, 2.24) is 9.62 Å². The first-order valence-electron chi connectivity index (χ1n) is 6.07. The maximum atomic E-state index is 12.6. The van der Waals surface area contributed by atoms with E-state index in [0.29, 0.717) is 22.5 Å². The topological polar surface area (TPSA) is 49.4 Å². The fourth-order valence-electron chi connectivity index (χ4n) is 2.22. The van der Waals surface area contributed by atoms with E-state index in [4.69, 9.17) is 0 Å². The van der Waals surface area contributed by atoms with Crippen molar-refractivity contribution in [2.45, 2.75) is 23.8 Å². The first kappa shape index (κ1) is 15.4. The van der Waals surface area contributed by atoms with Gasteiger partial charge in [0.15, 0.2) is 0 Å². The SMILES string of the molecule is CNC1CCCN(S(=O)(=O)c2ccc(Br)cc2Br)C1. The molecule has 1 aliphatic heterocycles. The molecule has 106 valence electrons. The average Bonchev–Trinajstić information content (AvgIpc) is 2.38. The van der Waals surface area contributed by atoms with Crippen molar-refractivity contribution in [1.29, 1.82) is 0 Å². The smallest absolute Gasteiger partial charge is 0.244 e. The van der Waals surface area contributed by atoms with Gasteiger partial charge in [-0.3, -0.25) is 0 Å². The number of rotatable bonds is 3.